The Bertz CT molecular complexity index is 903. The van der Waals surface area contributed by atoms with Crippen LogP contribution in [0, 0.1) is 5.92 Å². The number of carbonyl (C=O) groups is 2. The zero-order valence-electron chi connectivity index (χ0n) is 17.6. The van der Waals surface area contributed by atoms with Crippen molar-refractivity contribution in [3.8, 4) is 0 Å². The fraction of sp³-hybridized carbons (Fsp3) is 0.579. The lowest BCUT2D eigenvalue weighted by Crippen LogP contribution is -2.20. The van der Waals surface area contributed by atoms with Crippen molar-refractivity contribution in [3.05, 3.63) is 27.0 Å². The number of aromatic amines is 1. The third kappa shape index (κ3) is 6.71. The molecule has 0 aliphatic rings. The summed E-state index contributed by atoms with van der Waals surface area (Å²) in [6.45, 7) is 7.12. The van der Waals surface area contributed by atoms with E-state index in [1.54, 1.807) is 14.0 Å². The van der Waals surface area contributed by atoms with Gasteiger partial charge in [-0.05, 0) is 36.6 Å². The number of aromatic nitrogens is 3. The second-order valence-electron chi connectivity index (χ2n) is 6.93. The molecule has 11 heteroatoms. The van der Waals surface area contributed by atoms with Crippen molar-refractivity contribution in [2.24, 2.45) is 5.92 Å². The first-order valence-corrected chi connectivity index (χ1v) is 11.6. The number of rotatable bonds is 12. The lowest BCUT2D eigenvalue weighted by Gasteiger charge is -2.10. The van der Waals surface area contributed by atoms with Crippen LogP contribution < -0.4 is 11.0 Å². The number of esters is 1. The Labute approximate surface area is 183 Å². The number of carbonyl (C=O) groups excluding carboxylic acids is 2. The second-order valence-corrected chi connectivity index (χ2v) is 8.75. The maximum absolute atomic E-state index is 12.5. The average Bonchev–Trinajstić information content (AvgIpc) is 3.23. The highest BCUT2D eigenvalue weighted by Crippen LogP contribution is 2.31. The molecule has 2 rings (SSSR count). The lowest BCUT2D eigenvalue weighted by atomic mass is 10.0. The van der Waals surface area contributed by atoms with E-state index in [2.05, 4.69) is 29.4 Å². The summed E-state index contributed by atoms with van der Waals surface area (Å²) in [6, 6.07) is 0. The Morgan fingerprint density at radius 1 is 1.40 bits per heavy atom. The van der Waals surface area contributed by atoms with E-state index in [-0.39, 0.29) is 24.0 Å². The number of thioether (sulfide) groups is 1. The van der Waals surface area contributed by atoms with Gasteiger partial charge in [0, 0.05) is 20.3 Å². The van der Waals surface area contributed by atoms with Gasteiger partial charge in [-0.2, -0.15) is 0 Å². The summed E-state index contributed by atoms with van der Waals surface area (Å²) in [5.41, 5.74) is 0.969. The minimum absolute atomic E-state index is 0.0499. The van der Waals surface area contributed by atoms with Crippen molar-refractivity contribution in [1.82, 2.24) is 14.8 Å². The first-order valence-electron chi connectivity index (χ1n) is 9.71. The summed E-state index contributed by atoms with van der Waals surface area (Å²) < 4.78 is 11.7. The predicted octanol–water partition coefficient (Wildman–Crippen LogP) is 2.78. The van der Waals surface area contributed by atoms with Crippen LogP contribution in [-0.2, 0) is 27.2 Å². The van der Waals surface area contributed by atoms with Crippen LogP contribution in [0.1, 0.15) is 43.1 Å². The molecule has 2 aromatic rings. The number of hydrogen-bond donors (Lipinski definition) is 2. The van der Waals surface area contributed by atoms with Crippen LogP contribution in [0.3, 0.4) is 0 Å². The van der Waals surface area contributed by atoms with Crippen molar-refractivity contribution in [2.45, 2.75) is 45.3 Å². The van der Waals surface area contributed by atoms with Crippen LogP contribution in [-0.4, -0.2) is 52.7 Å². The van der Waals surface area contributed by atoms with Gasteiger partial charge in [-0.15, -0.1) is 16.4 Å². The molecule has 1 amide bonds. The molecule has 2 heterocycles. The lowest BCUT2D eigenvalue weighted by molar-refractivity contribution is -0.113. The first-order chi connectivity index (χ1) is 14.4. The molecule has 0 aromatic carbocycles. The number of nitrogens with one attached hydrogen (secondary N) is 2. The molecular weight excluding hydrogens is 428 g/mol. The monoisotopic (exact) mass is 456 g/mol. The minimum atomic E-state index is -0.434. The summed E-state index contributed by atoms with van der Waals surface area (Å²) in [4.78, 5) is 36.8. The van der Waals surface area contributed by atoms with Crippen LogP contribution >= 0.6 is 23.1 Å². The maximum Gasteiger partial charge on any atom is 0.343 e. The highest BCUT2D eigenvalue weighted by atomic mass is 32.2. The number of thiophene rings is 1. The molecule has 0 radical (unpaired) electrons. The highest BCUT2D eigenvalue weighted by Gasteiger charge is 2.22. The van der Waals surface area contributed by atoms with Gasteiger partial charge in [0.1, 0.15) is 5.00 Å². The van der Waals surface area contributed by atoms with E-state index in [1.165, 1.54) is 15.9 Å². The fourth-order valence-corrected chi connectivity index (χ4v) is 4.52. The van der Waals surface area contributed by atoms with Crippen molar-refractivity contribution in [3.63, 3.8) is 0 Å². The topological polar surface area (TPSA) is 115 Å². The van der Waals surface area contributed by atoms with E-state index in [4.69, 9.17) is 9.47 Å². The van der Waals surface area contributed by atoms with Gasteiger partial charge in [-0.1, -0.05) is 25.6 Å². The SMILES string of the molecule is CCOC(=O)c1c(CC(C)C)csc1NC(=O)CSc1n[nH]c(=O)n1CCCOC. The third-order valence-electron chi connectivity index (χ3n) is 4.01. The summed E-state index contributed by atoms with van der Waals surface area (Å²) in [5.74, 6) is -0.311. The molecule has 2 aromatic heterocycles. The van der Waals surface area contributed by atoms with Gasteiger partial charge >= 0.3 is 11.7 Å². The summed E-state index contributed by atoms with van der Waals surface area (Å²) in [5, 5.41) is 12.0. The Balaban J connectivity index is 2.06. The van der Waals surface area contributed by atoms with Crippen LogP contribution in [0.15, 0.2) is 15.3 Å². The quantitative estimate of drug-likeness (QED) is 0.287. The van der Waals surface area contributed by atoms with E-state index in [1.807, 2.05) is 5.38 Å². The normalized spacial score (nSPS) is 11.1. The van der Waals surface area contributed by atoms with E-state index >= 15 is 0 Å². The highest BCUT2D eigenvalue weighted by molar-refractivity contribution is 7.99. The van der Waals surface area contributed by atoms with E-state index in [0.717, 1.165) is 23.7 Å². The molecule has 166 valence electrons. The first kappa shape index (κ1) is 24.2. The van der Waals surface area contributed by atoms with E-state index < -0.39 is 5.97 Å². The van der Waals surface area contributed by atoms with Crippen LogP contribution in [0.2, 0.25) is 0 Å². The van der Waals surface area contributed by atoms with Crippen molar-refractivity contribution in [2.75, 3.05) is 31.4 Å². The van der Waals surface area contributed by atoms with Gasteiger partial charge in [0.25, 0.3) is 0 Å². The average molecular weight is 457 g/mol. The molecule has 0 unspecified atom stereocenters. The number of methoxy groups -OCH3 is 1. The number of nitrogens with zero attached hydrogens (tertiary/aromatic N) is 2. The summed E-state index contributed by atoms with van der Waals surface area (Å²) >= 11 is 2.46. The minimum Gasteiger partial charge on any atom is -0.462 e. The van der Waals surface area contributed by atoms with Gasteiger partial charge in [-0.25, -0.2) is 14.7 Å². The Morgan fingerprint density at radius 2 is 2.17 bits per heavy atom. The molecule has 0 fully saturated rings. The van der Waals surface area contributed by atoms with Crippen molar-refractivity contribution >= 4 is 40.0 Å². The van der Waals surface area contributed by atoms with E-state index in [9.17, 15) is 14.4 Å². The Kier molecular flexibility index (Phi) is 9.60. The van der Waals surface area contributed by atoms with Gasteiger partial charge in [0.2, 0.25) is 5.91 Å². The Hall–Kier alpha value is -2.11. The predicted molar refractivity (Wildman–Crippen MR) is 118 cm³/mol. The summed E-state index contributed by atoms with van der Waals surface area (Å²) in [6.07, 6.45) is 1.38. The van der Waals surface area contributed by atoms with Gasteiger partial charge < -0.3 is 14.8 Å². The standard InChI is InChI=1S/C19H28N4O5S2/c1-5-28-17(25)15-13(9-12(2)3)10-29-16(15)20-14(24)11-30-19-22-21-18(26)23(19)7-6-8-27-4/h10,12H,5-9,11H2,1-4H3,(H,20,24)(H,21,26). The molecule has 2 N–H and O–H groups in total. The molecular formula is C19H28N4O5S2. The van der Waals surface area contributed by atoms with Gasteiger partial charge in [0.05, 0.1) is 17.9 Å². The van der Waals surface area contributed by atoms with Crippen molar-refractivity contribution in [1.29, 1.82) is 0 Å². The number of amides is 1. The molecule has 30 heavy (non-hydrogen) atoms. The molecule has 0 aliphatic carbocycles. The molecule has 0 saturated heterocycles. The summed E-state index contributed by atoms with van der Waals surface area (Å²) in [7, 11) is 1.60. The fourth-order valence-electron chi connectivity index (χ4n) is 2.77. The van der Waals surface area contributed by atoms with Crippen LogP contribution in [0.5, 0.6) is 0 Å². The smallest absolute Gasteiger partial charge is 0.343 e. The molecule has 0 aliphatic heterocycles. The number of H-pyrrole nitrogens is 1. The van der Waals surface area contributed by atoms with Crippen molar-refractivity contribution < 1.29 is 19.1 Å². The molecule has 0 bridgehead atoms. The third-order valence-corrected chi connectivity index (χ3v) is 5.93. The van der Waals surface area contributed by atoms with Crippen LogP contribution in [0.4, 0.5) is 5.00 Å². The molecule has 0 spiro atoms. The maximum atomic E-state index is 12.5. The Morgan fingerprint density at radius 3 is 2.83 bits per heavy atom. The zero-order chi connectivity index (χ0) is 22.1. The molecule has 9 nitrogen and oxygen atoms in total. The number of hydrogen-bond acceptors (Lipinski definition) is 8. The van der Waals surface area contributed by atoms with Crippen LogP contribution in [0.25, 0.3) is 0 Å². The zero-order valence-corrected chi connectivity index (χ0v) is 19.3. The largest absolute Gasteiger partial charge is 0.462 e. The molecule has 0 saturated carbocycles. The van der Waals surface area contributed by atoms with Gasteiger partial charge in [-0.3, -0.25) is 9.36 Å². The number of ether oxygens (including phenoxy) is 2. The second kappa shape index (κ2) is 11.9. The molecule has 0 atom stereocenters. The van der Waals surface area contributed by atoms with E-state index in [0.29, 0.717) is 41.2 Å². The van der Waals surface area contributed by atoms with Gasteiger partial charge in [0.15, 0.2) is 5.16 Å². The number of anilines is 1.